The quantitative estimate of drug-likeness (QED) is 0.685. The standard InChI is InChI=1S/C12H25N3O/c1-9-8-15(4)10(2)7-12(9)14-6-5-13-11(3)16/h9-10,12,14H,5-8H2,1-4H3,(H,13,16). The molecule has 1 amide bonds. The van der Waals surface area contributed by atoms with Crippen LogP contribution in [-0.2, 0) is 4.79 Å². The average Bonchev–Trinajstić information content (AvgIpc) is 2.19. The van der Waals surface area contributed by atoms with Gasteiger partial charge in [0.05, 0.1) is 0 Å². The first-order valence-electron chi connectivity index (χ1n) is 6.18. The van der Waals surface area contributed by atoms with Gasteiger partial charge in [-0.3, -0.25) is 4.79 Å². The highest BCUT2D eigenvalue weighted by atomic mass is 16.1. The molecule has 1 aliphatic heterocycles. The van der Waals surface area contributed by atoms with Crippen molar-refractivity contribution in [3.63, 3.8) is 0 Å². The molecule has 4 heteroatoms. The van der Waals surface area contributed by atoms with E-state index in [9.17, 15) is 4.79 Å². The van der Waals surface area contributed by atoms with Crippen LogP contribution in [0.1, 0.15) is 27.2 Å². The van der Waals surface area contributed by atoms with Crippen LogP contribution in [-0.4, -0.2) is 49.6 Å². The molecule has 0 spiro atoms. The highest BCUT2D eigenvalue weighted by Gasteiger charge is 2.28. The molecule has 1 heterocycles. The summed E-state index contributed by atoms with van der Waals surface area (Å²) in [5, 5.41) is 6.34. The van der Waals surface area contributed by atoms with Gasteiger partial charge in [-0.2, -0.15) is 0 Å². The number of piperidine rings is 1. The van der Waals surface area contributed by atoms with E-state index >= 15 is 0 Å². The summed E-state index contributed by atoms with van der Waals surface area (Å²) in [5.41, 5.74) is 0. The first kappa shape index (κ1) is 13.5. The van der Waals surface area contributed by atoms with Crippen LogP contribution in [0, 0.1) is 5.92 Å². The second kappa shape index (κ2) is 6.21. The van der Waals surface area contributed by atoms with E-state index in [1.807, 2.05) is 0 Å². The Labute approximate surface area is 98.8 Å². The number of likely N-dealkylation sites (tertiary alicyclic amines) is 1. The largest absolute Gasteiger partial charge is 0.355 e. The molecule has 1 fully saturated rings. The number of nitrogens with zero attached hydrogens (tertiary/aromatic N) is 1. The van der Waals surface area contributed by atoms with E-state index in [0.717, 1.165) is 19.6 Å². The lowest BCUT2D eigenvalue weighted by Crippen LogP contribution is -2.51. The third kappa shape index (κ3) is 4.10. The molecule has 2 N–H and O–H groups in total. The maximum atomic E-state index is 10.7. The summed E-state index contributed by atoms with van der Waals surface area (Å²) in [6.45, 7) is 8.86. The second-order valence-corrected chi connectivity index (χ2v) is 5.05. The molecule has 0 bridgehead atoms. The Bertz CT molecular complexity index is 232. The van der Waals surface area contributed by atoms with Gasteiger partial charge in [-0.1, -0.05) is 6.92 Å². The van der Waals surface area contributed by atoms with Crippen LogP contribution >= 0.6 is 0 Å². The molecule has 4 nitrogen and oxygen atoms in total. The van der Waals surface area contributed by atoms with Crippen LogP contribution in [0.15, 0.2) is 0 Å². The van der Waals surface area contributed by atoms with Crippen molar-refractivity contribution in [1.82, 2.24) is 15.5 Å². The number of nitrogens with one attached hydrogen (secondary N) is 2. The predicted molar refractivity (Wildman–Crippen MR) is 66.3 cm³/mol. The fourth-order valence-corrected chi connectivity index (χ4v) is 2.32. The topological polar surface area (TPSA) is 44.4 Å². The zero-order valence-corrected chi connectivity index (χ0v) is 10.9. The molecule has 0 radical (unpaired) electrons. The number of carbonyl (C=O) groups excluding carboxylic acids is 1. The highest BCUT2D eigenvalue weighted by molar-refractivity contribution is 5.72. The van der Waals surface area contributed by atoms with Crippen LogP contribution in [0.2, 0.25) is 0 Å². The zero-order chi connectivity index (χ0) is 12.1. The number of carbonyl (C=O) groups is 1. The Morgan fingerprint density at radius 2 is 2.06 bits per heavy atom. The third-order valence-electron chi connectivity index (χ3n) is 3.52. The van der Waals surface area contributed by atoms with Crippen LogP contribution in [0.25, 0.3) is 0 Å². The molecule has 3 unspecified atom stereocenters. The maximum absolute atomic E-state index is 10.7. The third-order valence-corrected chi connectivity index (χ3v) is 3.52. The van der Waals surface area contributed by atoms with Gasteiger partial charge in [0.2, 0.25) is 5.91 Å². The van der Waals surface area contributed by atoms with Gasteiger partial charge in [-0.15, -0.1) is 0 Å². The van der Waals surface area contributed by atoms with E-state index < -0.39 is 0 Å². The molecule has 0 saturated carbocycles. The first-order chi connectivity index (χ1) is 7.50. The van der Waals surface area contributed by atoms with Gasteiger partial charge in [0.15, 0.2) is 0 Å². The van der Waals surface area contributed by atoms with Gasteiger partial charge in [-0.25, -0.2) is 0 Å². The van der Waals surface area contributed by atoms with E-state index in [-0.39, 0.29) is 5.91 Å². The van der Waals surface area contributed by atoms with Crippen molar-refractivity contribution in [1.29, 1.82) is 0 Å². The van der Waals surface area contributed by atoms with Crippen LogP contribution in [0.3, 0.4) is 0 Å². The van der Waals surface area contributed by atoms with Crippen molar-refractivity contribution >= 4 is 5.91 Å². The smallest absolute Gasteiger partial charge is 0.216 e. The Kier molecular flexibility index (Phi) is 5.22. The summed E-state index contributed by atoms with van der Waals surface area (Å²) in [5.74, 6) is 0.727. The molecule has 94 valence electrons. The molecule has 0 aromatic carbocycles. The lowest BCUT2D eigenvalue weighted by molar-refractivity contribution is -0.118. The average molecular weight is 227 g/mol. The van der Waals surface area contributed by atoms with E-state index in [0.29, 0.717) is 18.0 Å². The maximum Gasteiger partial charge on any atom is 0.216 e. The Balaban J connectivity index is 2.23. The summed E-state index contributed by atoms with van der Waals surface area (Å²) in [7, 11) is 2.19. The molecule has 0 aromatic heterocycles. The van der Waals surface area contributed by atoms with E-state index in [2.05, 4.69) is 36.4 Å². The fourth-order valence-electron chi connectivity index (χ4n) is 2.32. The highest BCUT2D eigenvalue weighted by Crippen LogP contribution is 2.20. The van der Waals surface area contributed by atoms with Crippen molar-refractivity contribution < 1.29 is 4.79 Å². The molecule has 0 aromatic rings. The van der Waals surface area contributed by atoms with Gasteiger partial charge in [0, 0.05) is 38.6 Å². The minimum atomic E-state index is 0.0478. The van der Waals surface area contributed by atoms with E-state index in [4.69, 9.17) is 0 Å². The molecular formula is C12H25N3O. The number of hydrogen-bond donors (Lipinski definition) is 2. The van der Waals surface area contributed by atoms with Gasteiger partial charge >= 0.3 is 0 Å². The summed E-state index contributed by atoms with van der Waals surface area (Å²) in [4.78, 5) is 13.1. The molecule has 1 saturated heterocycles. The minimum absolute atomic E-state index is 0.0478. The molecule has 1 aliphatic rings. The number of rotatable bonds is 4. The zero-order valence-electron chi connectivity index (χ0n) is 10.9. The molecule has 0 aliphatic carbocycles. The van der Waals surface area contributed by atoms with Gasteiger partial charge in [0.1, 0.15) is 0 Å². The molecule has 1 rings (SSSR count). The van der Waals surface area contributed by atoms with Gasteiger partial charge in [0.25, 0.3) is 0 Å². The molecule has 16 heavy (non-hydrogen) atoms. The summed E-state index contributed by atoms with van der Waals surface area (Å²) in [6.07, 6.45) is 1.19. The minimum Gasteiger partial charge on any atom is -0.355 e. The number of hydrogen-bond acceptors (Lipinski definition) is 3. The summed E-state index contributed by atoms with van der Waals surface area (Å²) >= 11 is 0. The van der Waals surface area contributed by atoms with Crippen molar-refractivity contribution in [2.24, 2.45) is 5.92 Å². The summed E-state index contributed by atoms with van der Waals surface area (Å²) in [6, 6.07) is 1.23. The lowest BCUT2D eigenvalue weighted by Gasteiger charge is -2.40. The van der Waals surface area contributed by atoms with Gasteiger partial charge < -0.3 is 15.5 Å². The van der Waals surface area contributed by atoms with Crippen LogP contribution in [0.4, 0.5) is 0 Å². The summed E-state index contributed by atoms with van der Waals surface area (Å²) < 4.78 is 0. The Hall–Kier alpha value is -0.610. The molecule has 3 atom stereocenters. The van der Waals surface area contributed by atoms with Crippen molar-refractivity contribution in [2.75, 3.05) is 26.7 Å². The Morgan fingerprint density at radius 1 is 1.38 bits per heavy atom. The van der Waals surface area contributed by atoms with Crippen LogP contribution in [0.5, 0.6) is 0 Å². The van der Waals surface area contributed by atoms with E-state index in [1.165, 1.54) is 6.42 Å². The SMILES string of the molecule is CC(=O)NCCNC1CC(C)N(C)CC1C. The fraction of sp³-hybridized carbons (Fsp3) is 0.917. The van der Waals surface area contributed by atoms with Crippen molar-refractivity contribution in [3.8, 4) is 0 Å². The monoisotopic (exact) mass is 227 g/mol. The lowest BCUT2D eigenvalue weighted by atomic mass is 9.90. The molecular weight excluding hydrogens is 202 g/mol. The second-order valence-electron chi connectivity index (χ2n) is 5.05. The van der Waals surface area contributed by atoms with Crippen molar-refractivity contribution in [2.45, 2.75) is 39.3 Å². The van der Waals surface area contributed by atoms with E-state index in [1.54, 1.807) is 6.92 Å². The predicted octanol–water partition coefficient (Wildman–Crippen LogP) is 0.441. The van der Waals surface area contributed by atoms with Gasteiger partial charge in [-0.05, 0) is 26.3 Å². The number of amides is 1. The van der Waals surface area contributed by atoms with Crippen molar-refractivity contribution in [3.05, 3.63) is 0 Å². The normalized spacial score (nSPS) is 31.4. The van der Waals surface area contributed by atoms with Crippen LogP contribution < -0.4 is 10.6 Å². The Morgan fingerprint density at radius 3 is 2.69 bits per heavy atom. The first-order valence-corrected chi connectivity index (χ1v) is 6.18.